The highest BCUT2D eigenvalue weighted by Crippen LogP contribution is 2.42. The quantitative estimate of drug-likeness (QED) is 0.653. The number of likely N-dealkylation sites (tertiary alicyclic amines) is 2. The number of nitrogens with zero attached hydrogens (tertiary/aromatic N) is 2. The predicted molar refractivity (Wildman–Crippen MR) is 60.7 cm³/mol. The minimum absolute atomic E-state index is 0.00315. The zero-order chi connectivity index (χ0) is 12.1. The summed E-state index contributed by atoms with van der Waals surface area (Å²) in [7, 11) is 0. The van der Waals surface area contributed by atoms with Gasteiger partial charge in [0, 0.05) is 31.6 Å². The summed E-state index contributed by atoms with van der Waals surface area (Å²) in [6, 6.07) is 0.453. The summed E-state index contributed by atoms with van der Waals surface area (Å²) < 4.78 is 0. The predicted octanol–water partition coefficient (Wildman–Crippen LogP) is 0.864. The van der Waals surface area contributed by atoms with Gasteiger partial charge in [0.25, 0.3) is 0 Å². The molecule has 0 aromatic carbocycles. The van der Waals surface area contributed by atoms with Crippen molar-refractivity contribution in [1.29, 1.82) is 0 Å². The van der Waals surface area contributed by atoms with E-state index in [-0.39, 0.29) is 23.3 Å². The molecule has 0 aliphatic carbocycles. The lowest BCUT2D eigenvalue weighted by atomic mass is 9.77. The number of hydrogen-bond donors (Lipinski definition) is 0. The van der Waals surface area contributed by atoms with Crippen LogP contribution in [0.4, 0.5) is 0 Å². The number of rotatable bonds is 2. The normalized spacial score (nSPS) is 25.0. The van der Waals surface area contributed by atoms with Gasteiger partial charge in [-0.25, -0.2) is 0 Å². The van der Waals surface area contributed by atoms with Gasteiger partial charge in [-0.15, -0.1) is 0 Å². The number of imide groups is 1. The Kier molecular flexibility index (Phi) is 2.57. The zero-order valence-electron chi connectivity index (χ0n) is 10.5. The van der Waals surface area contributed by atoms with E-state index in [9.17, 15) is 9.59 Å². The molecule has 2 aliphatic rings. The maximum Gasteiger partial charge on any atom is 0.238 e. The first-order valence-electron chi connectivity index (χ1n) is 5.98. The van der Waals surface area contributed by atoms with Crippen molar-refractivity contribution in [1.82, 2.24) is 9.80 Å². The van der Waals surface area contributed by atoms with Gasteiger partial charge in [0.05, 0.1) is 5.41 Å². The average molecular weight is 224 g/mol. The van der Waals surface area contributed by atoms with Crippen LogP contribution in [0, 0.1) is 5.41 Å². The average Bonchev–Trinajstić information content (AvgIpc) is 2.34. The third-order valence-electron chi connectivity index (χ3n) is 3.69. The van der Waals surface area contributed by atoms with Crippen molar-refractivity contribution in [3.63, 3.8) is 0 Å². The van der Waals surface area contributed by atoms with Crippen LogP contribution < -0.4 is 0 Å². The molecule has 2 amide bonds. The van der Waals surface area contributed by atoms with Gasteiger partial charge in [-0.2, -0.15) is 0 Å². The molecule has 0 bridgehead atoms. The molecular weight excluding hydrogens is 204 g/mol. The maximum absolute atomic E-state index is 12.2. The summed E-state index contributed by atoms with van der Waals surface area (Å²) in [5.41, 5.74) is -0.383. The third-order valence-corrected chi connectivity index (χ3v) is 3.69. The fourth-order valence-corrected chi connectivity index (χ4v) is 2.68. The van der Waals surface area contributed by atoms with E-state index in [4.69, 9.17) is 0 Å². The van der Waals surface area contributed by atoms with Crippen LogP contribution in [0.3, 0.4) is 0 Å². The molecule has 0 radical (unpaired) electrons. The van der Waals surface area contributed by atoms with Crippen molar-refractivity contribution in [2.45, 2.75) is 46.2 Å². The Hall–Kier alpha value is -0.900. The smallest absolute Gasteiger partial charge is 0.238 e. The van der Waals surface area contributed by atoms with Crippen molar-refractivity contribution < 1.29 is 9.59 Å². The summed E-state index contributed by atoms with van der Waals surface area (Å²) in [4.78, 5) is 27.7. The Morgan fingerprint density at radius 1 is 1.06 bits per heavy atom. The van der Waals surface area contributed by atoms with Gasteiger partial charge in [-0.1, -0.05) is 0 Å². The number of carbonyl (C=O) groups is 2. The highest BCUT2D eigenvalue weighted by molar-refractivity contribution is 6.07. The SMILES string of the molecule is CC(C)N1CC2(CC(=O)N(C(C)C)C2=O)C1. The molecule has 0 N–H and O–H groups in total. The Balaban J connectivity index is 2.11. The molecule has 2 saturated heterocycles. The fourth-order valence-electron chi connectivity index (χ4n) is 2.68. The Morgan fingerprint density at radius 3 is 2.00 bits per heavy atom. The number of carbonyl (C=O) groups excluding carboxylic acids is 2. The lowest BCUT2D eigenvalue weighted by Gasteiger charge is -2.48. The Bertz CT molecular complexity index is 330. The van der Waals surface area contributed by atoms with Gasteiger partial charge >= 0.3 is 0 Å². The van der Waals surface area contributed by atoms with Crippen LogP contribution in [0.5, 0.6) is 0 Å². The first-order chi connectivity index (χ1) is 7.37. The second-order valence-corrected chi connectivity index (χ2v) is 5.62. The van der Waals surface area contributed by atoms with E-state index >= 15 is 0 Å². The van der Waals surface area contributed by atoms with E-state index in [2.05, 4.69) is 18.7 Å². The van der Waals surface area contributed by atoms with Crippen molar-refractivity contribution in [3.05, 3.63) is 0 Å². The molecule has 2 aliphatic heterocycles. The lowest BCUT2D eigenvalue weighted by Crippen LogP contribution is -2.62. The van der Waals surface area contributed by atoms with Crippen molar-refractivity contribution >= 4 is 11.8 Å². The molecule has 0 unspecified atom stereocenters. The maximum atomic E-state index is 12.2. The fraction of sp³-hybridized carbons (Fsp3) is 0.833. The molecule has 2 heterocycles. The van der Waals surface area contributed by atoms with Crippen LogP contribution in [0.15, 0.2) is 0 Å². The largest absolute Gasteiger partial charge is 0.299 e. The molecule has 2 rings (SSSR count). The van der Waals surface area contributed by atoms with Crippen LogP contribution >= 0.6 is 0 Å². The molecule has 4 nitrogen and oxygen atoms in total. The Labute approximate surface area is 96.6 Å². The molecule has 0 aromatic heterocycles. The van der Waals surface area contributed by atoms with E-state index in [1.54, 1.807) is 0 Å². The van der Waals surface area contributed by atoms with Gasteiger partial charge in [-0.3, -0.25) is 19.4 Å². The summed E-state index contributed by atoms with van der Waals surface area (Å²) >= 11 is 0. The topological polar surface area (TPSA) is 40.6 Å². The minimum atomic E-state index is -0.383. The van der Waals surface area contributed by atoms with Gasteiger partial charge in [0.1, 0.15) is 0 Å². The zero-order valence-corrected chi connectivity index (χ0v) is 10.5. The van der Waals surface area contributed by atoms with Gasteiger partial charge in [0.15, 0.2) is 0 Å². The summed E-state index contributed by atoms with van der Waals surface area (Å²) in [6.07, 6.45) is 0.410. The van der Waals surface area contributed by atoms with Crippen LogP contribution in [0.1, 0.15) is 34.1 Å². The highest BCUT2D eigenvalue weighted by atomic mass is 16.2. The first kappa shape index (κ1) is 11.6. The molecule has 1 spiro atoms. The minimum Gasteiger partial charge on any atom is -0.299 e. The molecule has 0 saturated carbocycles. The summed E-state index contributed by atoms with van der Waals surface area (Å²) in [5, 5.41) is 0. The molecule has 0 atom stereocenters. The highest BCUT2D eigenvalue weighted by Gasteiger charge is 2.58. The van der Waals surface area contributed by atoms with Crippen LogP contribution in [0.25, 0.3) is 0 Å². The van der Waals surface area contributed by atoms with E-state index in [1.807, 2.05) is 13.8 Å². The standard InChI is InChI=1S/C12H20N2O2/c1-8(2)13-6-12(7-13)5-10(15)14(9(3)4)11(12)16/h8-9H,5-7H2,1-4H3. The van der Waals surface area contributed by atoms with Crippen LogP contribution in [-0.4, -0.2) is 46.8 Å². The van der Waals surface area contributed by atoms with E-state index in [0.29, 0.717) is 12.5 Å². The van der Waals surface area contributed by atoms with E-state index in [1.165, 1.54) is 4.90 Å². The van der Waals surface area contributed by atoms with E-state index < -0.39 is 0 Å². The lowest BCUT2D eigenvalue weighted by molar-refractivity contribution is -0.149. The van der Waals surface area contributed by atoms with Crippen molar-refractivity contribution in [3.8, 4) is 0 Å². The second-order valence-electron chi connectivity index (χ2n) is 5.62. The molecule has 2 fully saturated rings. The molecule has 16 heavy (non-hydrogen) atoms. The number of amides is 2. The van der Waals surface area contributed by atoms with Crippen molar-refractivity contribution in [2.75, 3.05) is 13.1 Å². The van der Waals surface area contributed by atoms with Gasteiger partial charge in [0.2, 0.25) is 11.8 Å². The first-order valence-corrected chi connectivity index (χ1v) is 5.98. The molecule has 0 aromatic rings. The van der Waals surface area contributed by atoms with Crippen LogP contribution in [-0.2, 0) is 9.59 Å². The summed E-state index contributed by atoms with van der Waals surface area (Å²) in [5.74, 6) is 0.0489. The monoisotopic (exact) mass is 224 g/mol. The van der Waals surface area contributed by atoms with Gasteiger partial charge < -0.3 is 0 Å². The van der Waals surface area contributed by atoms with Crippen molar-refractivity contribution in [2.24, 2.45) is 5.41 Å². The third kappa shape index (κ3) is 1.47. The second kappa shape index (κ2) is 3.55. The summed E-state index contributed by atoms with van der Waals surface area (Å²) in [6.45, 7) is 9.53. The molecule has 90 valence electrons. The molecule has 4 heteroatoms. The number of hydrogen-bond acceptors (Lipinski definition) is 3. The van der Waals surface area contributed by atoms with Gasteiger partial charge in [-0.05, 0) is 27.7 Å². The van der Waals surface area contributed by atoms with E-state index in [0.717, 1.165) is 13.1 Å². The van der Waals surface area contributed by atoms with Crippen LogP contribution in [0.2, 0.25) is 0 Å². The molecular formula is C12H20N2O2. The Morgan fingerprint density at radius 2 is 1.62 bits per heavy atom.